The molecule has 4 aliphatic rings. The Kier molecular flexibility index (Phi) is 12.4. The molecule has 3 saturated heterocycles. The van der Waals surface area contributed by atoms with Crippen molar-refractivity contribution < 1.29 is 42.5 Å². The van der Waals surface area contributed by atoms with Crippen LogP contribution in [0.4, 0.5) is 14.6 Å². The van der Waals surface area contributed by atoms with Crippen molar-refractivity contribution in [2.45, 2.75) is 57.0 Å². The number of piperidine rings is 2. The summed E-state index contributed by atoms with van der Waals surface area (Å²) in [5, 5.41) is 30.5. The monoisotopic (exact) mass is 902 g/mol. The number of anilines is 1. The summed E-state index contributed by atoms with van der Waals surface area (Å²) in [6.45, 7) is 5.62. The number of amides is 4. The number of aliphatic hydroxyl groups is 1. The van der Waals surface area contributed by atoms with E-state index < -0.39 is 41.3 Å². The Morgan fingerprint density at radius 1 is 0.985 bits per heavy atom. The topological polar surface area (TPSA) is 198 Å². The number of rotatable bonds is 12. The largest absolute Gasteiger partial charge is 0.492 e. The minimum absolute atomic E-state index is 0.195. The van der Waals surface area contributed by atoms with Crippen molar-refractivity contribution in [2.24, 2.45) is 0 Å². The fraction of sp³-hybridized carbons (Fsp3) is 0.383. The van der Waals surface area contributed by atoms with Crippen LogP contribution in [0, 0.1) is 23.0 Å². The van der Waals surface area contributed by atoms with Crippen LogP contribution in [0.2, 0.25) is 0 Å². The molecule has 3 aromatic heterocycles. The standard InChI is InChI=1S/C47H48F2N10O7/c1-2-65-34-21-36(43-31(22-50)24-52-59(43)26-34)29-3-9-40(51-23-29)56-13-11-47(12-14-56,54-44(62)37-20-32(48)4-7-38(37)49)28-55-15-17-57(18-16-55)42(61)27-66-33-5-6-35-30(19-33)25-58(46(35)64)39-8-10-41(60)53-45(39)63/h3-7,9,19-21,23-24,26,39,46,64H,2,8,10-18,25,27-28H2,1H3,(H,54,62)(H,53,60,63). The number of aliphatic hydroxyl groups excluding tert-OH is 1. The summed E-state index contributed by atoms with van der Waals surface area (Å²) in [5.74, 6) is -1.48. The third kappa shape index (κ3) is 8.99. The van der Waals surface area contributed by atoms with Crippen molar-refractivity contribution in [1.29, 1.82) is 5.26 Å². The SMILES string of the molecule is CCOc1cc(-c2ccc(N3CCC(CN4CCN(C(=O)COc5ccc6c(c5)CN(C5CCC(=O)NC5=O)C6O)CC4)(NC(=O)c4cc(F)ccc4F)CC3)nc2)c2c(C#N)cnn2c1. The number of hydrogen-bond acceptors (Lipinski definition) is 13. The first-order valence-electron chi connectivity index (χ1n) is 22.0. The number of pyridine rings is 2. The maximum atomic E-state index is 14.9. The van der Waals surface area contributed by atoms with Gasteiger partial charge in [0.2, 0.25) is 11.8 Å². The molecule has 0 radical (unpaired) electrons. The van der Waals surface area contributed by atoms with Crippen LogP contribution >= 0.6 is 0 Å². The average molecular weight is 903 g/mol. The maximum absolute atomic E-state index is 14.9. The minimum atomic E-state index is -1.01. The number of fused-ring (bicyclic) bond motifs is 2. The summed E-state index contributed by atoms with van der Waals surface area (Å²) in [7, 11) is 0. The predicted molar refractivity (Wildman–Crippen MR) is 234 cm³/mol. The van der Waals surface area contributed by atoms with Crippen LogP contribution in [0.15, 0.2) is 73.2 Å². The highest BCUT2D eigenvalue weighted by molar-refractivity contribution is 6.00. The Morgan fingerprint density at radius 2 is 1.79 bits per heavy atom. The molecule has 7 heterocycles. The van der Waals surface area contributed by atoms with Crippen LogP contribution in [0.5, 0.6) is 11.5 Å². The first kappa shape index (κ1) is 44.2. The Morgan fingerprint density at radius 3 is 2.52 bits per heavy atom. The van der Waals surface area contributed by atoms with Gasteiger partial charge < -0.3 is 29.7 Å². The maximum Gasteiger partial charge on any atom is 0.260 e. The summed E-state index contributed by atoms with van der Waals surface area (Å²) < 4.78 is 42.4. The number of ether oxygens (including phenoxy) is 2. The van der Waals surface area contributed by atoms with Crippen molar-refractivity contribution in [3.8, 4) is 28.7 Å². The second kappa shape index (κ2) is 18.5. The molecule has 0 saturated carbocycles. The van der Waals surface area contributed by atoms with Gasteiger partial charge in [-0.15, -0.1) is 0 Å². The normalized spacial score (nSPS) is 19.9. The highest BCUT2D eigenvalue weighted by Gasteiger charge is 2.41. The van der Waals surface area contributed by atoms with Gasteiger partial charge in [-0.25, -0.2) is 18.3 Å². The lowest BCUT2D eigenvalue weighted by molar-refractivity contribution is -0.142. The summed E-state index contributed by atoms with van der Waals surface area (Å²) in [6.07, 6.45) is 5.42. The van der Waals surface area contributed by atoms with E-state index in [9.17, 15) is 38.3 Å². The fourth-order valence-corrected chi connectivity index (χ4v) is 9.46. The molecule has 5 aromatic rings. The molecule has 19 heteroatoms. The molecule has 4 amide bonds. The Labute approximate surface area is 378 Å². The molecule has 0 aliphatic carbocycles. The Hall–Kier alpha value is -7.01. The van der Waals surface area contributed by atoms with E-state index in [2.05, 4.69) is 31.6 Å². The molecule has 0 spiro atoms. The van der Waals surface area contributed by atoms with Crippen molar-refractivity contribution in [3.05, 3.63) is 107 Å². The average Bonchev–Trinajstić information content (AvgIpc) is 3.89. The van der Waals surface area contributed by atoms with Crippen LogP contribution in [0.25, 0.3) is 16.6 Å². The number of imide groups is 1. The lowest BCUT2D eigenvalue weighted by Crippen LogP contribution is -2.63. The summed E-state index contributed by atoms with van der Waals surface area (Å²) in [4.78, 5) is 63.6. The zero-order valence-electron chi connectivity index (χ0n) is 36.2. The number of nitriles is 1. The second-order valence-corrected chi connectivity index (χ2v) is 17.1. The van der Waals surface area contributed by atoms with E-state index in [1.807, 2.05) is 25.1 Å². The van der Waals surface area contributed by atoms with Gasteiger partial charge in [-0.3, -0.25) is 34.3 Å². The fourth-order valence-electron chi connectivity index (χ4n) is 9.46. The number of benzene rings is 2. The molecule has 2 unspecified atom stereocenters. The van der Waals surface area contributed by atoms with Crippen molar-refractivity contribution in [3.63, 3.8) is 0 Å². The van der Waals surface area contributed by atoms with E-state index in [1.165, 1.54) is 6.20 Å². The molecule has 4 aliphatic heterocycles. The van der Waals surface area contributed by atoms with Gasteiger partial charge >= 0.3 is 0 Å². The number of carbonyl (C=O) groups is 4. The molecule has 66 heavy (non-hydrogen) atoms. The van der Waals surface area contributed by atoms with Crippen LogP contribution < -0.4 is 25.0 Å². The number of piperazine rings is 1. The lowest BCUT2D eigenvalue weighted by atomic mass is 9.86. The molecule has 2 atom stereocenters. The van der Waals surface area contributed by atoms with Gasteiger partial charge in [0.05, 0.1) is 47.2 Å². The van der Waals surface area contributed by atoms with E-state index in [0.29, 0.717) is 106 Å². The smallest absolute Gasteiger partial charge is 0.260 e. The first-order valence-corrected chi connectivity index (χ1v) is 22.0. The second-order valence-electron chi connectivity index (χ2n) is 17.1. The molecular formula is C47H48F2N10O7. The zero-order chi connectivity index (χ0) is 46.1. The van der Waals surface area contributed by atoms with Crippen molar-refractivity contribution >= 4 is 35.0 Å². The van der Waals surface area contributed by atoms with Crippen LogP contribution in [0.3, 0.4) is 0 Å². The quantitative estimate of drug-likeness (QED) is 0.154. The van der Waals surface area contributed by atoms with Crippen LogP contribution in [-0.2, 0) is 20.9 Å². The Balaban J connectivity index is 0.834. The van der Waals surface area contributed by atoms with Crippen molar-refractivity contribution in [1.82, 2.24) is 39.9 Å². The van der Waals surface area contributed by atoms with E-state index in [0.717, 1.165) is 34.9 Å². The van der Waals surface area contributed by atoms with Crippen LogP contribution in [-0.4, -0.2) is 129 Å². The first-order chi connectivity index (χ1) is 31.9. The van der Waals surface area contributed by atoms with Gasteiger partial charge in [0, 0.05) is 81.7 Å². The van der Waals surface area contributed by atoms with E-state index >= 15 is 0 Å². The zero-order valence-corrected chi connectivity index (χ0v) is 36.2. The highest BCUT2D eigenvalue weighted by atomic mass is 19.1. The predicted octanol–water partition coefficient (Wildman–Crippen LogP) is 3.55. The summed E-state index contributed by atoms with van der Waals surface area (Å²) >= 11 is 0. The van der Waals surface area contributed by atoms with Crippen LogP contribution in [0.1, 0.15) is 65.9 Å². The molecule has 3 fully saturated rings. The number of aromatic nitrogens is 3. The van der Waals surface area contributed by atoms with Crippen molar-refractivity contribution in [2.75, 3.05) is 63.9 Å². The molecule has 3 N–H and O–H groups in total. The molecule has 9 rings (SSSR count). The lowest BCUT2D eigenvalue weighted by Gasteiger charge is -2.46. The number of nitrogens with zero attached hydrogens (tertiary/aromatic N) is 8. The van der Waals surface area contributed by atoms with E-state index in [1.54, 1.807) is 44.9 Å². The summed E-state index contributed by atoms with van der Waals surface area (Å²) in [5.41, 5.74) is 2.77. The van der Waals surface area contributed by atoms with Gasteiger partial charge in [0.15, 0.2) is 6.61 Å². The molecule has 17 nitrogen and oxygen atoms in total. The summed E-state index contributed by atoms with van der Waals surface area (Å²) in [6, 6.07) is 15.2. The number of carbonyl (C=O) groups excluding carboxylic acids is 4. The van der Waals surface area contributed by atoms with E-state index in [4.69, 9.17) is 14.5 Å². The highest BCUT2D eigenvalue weighted by Crippen LogP contribution is 2.37. The minimum Gasteiger partial charge on any atom is -0.492 e. The number of hydrogen-bond donors (Lipinski definition) is 3. The van der Waals surface area contributed by atoms with Gasteiger partial charge in [0.25, 0.3) is 11.8 Å². The van der Waals surface area contributed by atoms with Gasteiger partial charge in [-0.2, -0.15) is 10.4 Å². The number of nitrogens with one attached hydrogen (secondary N) is 2. The third-order valence-corrected chi connectivity index (χ3v) is 13.0. The molecule has 0 bridgehead atoms. The molecular weight excluding hydrogens is 855 g/mol. The molecule has 342 valence electrons. The number of halogens is 2. The van der Waals surface area contributed by atoms with Gasteiger partial charge in [-0.1, -0.05) is 6.07 Å². The third-order valence-electron chi connectivity index (χ3n) is 13.0. The molecule has 2 aromatic carbocycles. The Bertz CT molecular complexity index is 2730. The van der Waals surface area contributed by atoms with Gasteiger partial charge in [-0.05, 0) is 80.3 Å². The van der Waals surface area contributed by atoms with E-state index in [-0.39, 0.29) is 37.0 Å². The van der Waals surface area contributed by atoms with Gasteiger partial charge in [0.1, 0.15) is 41.2 Å².